The molecule has 0 aliphatic rings. The van der Waals surface area contributed by atoms with Crippen molar-refractivity contribution in [1.29, 1.82) is 0 Å². The second-order valence-corrected chi connectivity index (χ2v) is 5.73. The summed E-state index contributed by atoms with van der Waals surface area (Å²) in [6, 6.07) is 6.54. The molecule has 7 heteroatoms. The lowest BCUT2D eigenvalue weighted by Gasteiger charge is -2.04. The number of hydrogen-bond acceptors (Lipinski definition) is 4. The predicted octanol–water partition coefficient (Wildman–Crippen LogP) is 2.21. The number of nitrogens with one attached hydrogen (secondary N) is 1. The van der Waals surface area contributed by atoms with Gasteiger partial charge in [0.1, 0.15) is 16.5 Å². The van der Waals surface area contributed by atoms with Crippen LogP contribution in [0.3, 0.4) is 0 Å². The topological polar surface area (TPSA) is 59.3 Å². The number of rotatable bonds is 4. The summed E-state index contributed by atoms with van der Waals surface area (Å²) in [7, 11) is 0. The molecule has 1 N–H and O–H groups in total. The van der Waals surface area contributed by atoms with E-state index in [1.807, 2.05) is 6.92 Å². The van der Waals surface area contributed by atoms with Crippen LogP contribution in [0.2, 0.25) is 0 Å². The molecule has 21 heavy (non-hydrogen) atoms. The number of carbonyl (C=O) groups excluding carboxylic acids is 1. The van der Waals surface area contributed by atoms with Crippen LogP contribution >= 0.6 is 11.3 Å². The Morgan fingerprint density at radius 2 is 2.24 bits per heavy atom. The second kappa shape index (κ2) is 5.61. The van der Waals surface area contributed by atoms with Crippen LogP contribution in [0.25, 0.3) is 4.96 Å². The van der Waals surface area contributed by atoms with Crippen molar-refractivity contribution < 1.29 is 9.18 Å². The lowest BCUT2D eigenvalue weighted by molar-refractivity contribution is 0.0949. The summed E-state index contributed by atoms with van der Waals surface area (Å²) in [5.74, 6) is -0.532. The summed E-state index contributed by atoms with van der Waals surface area (Å²) in [5, 5.41) is 7.83. The fourth-order valence-corrected chi connectivity index (χ4v) is 2.74. The molecule has 0 spiro atoms. The van der Waals surface area contributed by atoms with E-state index in [0.717, 1.165) is 5.01 Å². The highest BCUT2D eigenvalue weighted by atomic mass is 32.1. The maximum absolute atomic E-state index is 13.4. The monoisotopic (exact) mass is 304 g/mol. The lowest BCUT2D eigenvalue weighted by Crippen LogP contribution is -2.26. The van der Waals surface area contributed by atoms with E-state index in [4.69, 9.17) is 0 Å². The van der Waals surface area contributed by atoms with E-state index in [0.29, 0.717) is 29.2 Å². The average molecular weight is 304 g/mol. The molecule has 0 aliphatic carbocycles. The van der Waals surface area contributed by atoms with E-state index in [2.05, 4.69) is 15.4 Å². The number of benzene rings is 1. The number of fused-ring (bicyclic) bond motifs is 1. The van der Waals surface area contributed by atoms with Gasteiger partial charge in [-0.3, -0.25) is 4.79 Å². The molecule has 3 aromatic rings. The Labute approximate surface area is 124 Å². The molecule has 3 rings (SSSR count). The van der Waals surface area contributed by atoms with Gasteiger partial charge < -0.3 is 5.32 Å². The van der Waals surface area contributed by atoms with Crippen LogP contribution < -0.4 is 5.32 Å². The first-order chi connectivity index (χ1) is 10.1. The summed E-state index contributed by atoms with van der Waals surface area (Å²) in [4.78, 5) is 16.9. The smallest absolute Gasteiger partial charge is 0.271 e. The van der Waals surface area contributed by atoms with Gasteiger partial charge in [0, 0.05) is 6.54 Å². The Morgan fingerprint density at radius 3 is 3.00 bits per heavy atom. The standard InChI is InChI=1S/C14H13FN4OS/c1-9-18-19-8-12(17-14(19)21-9)13(20)16-7-6-10-4-2-3-5-11(10)15/h2-5,8H,6-7H2,1H3,(H,16,20). The van der Waals surface area contributed by atoms with E-state index in [9.17, 15) is 9.18 Å². The molecule has 0 saturated carbocycles. The molecule has 0 aliphatic heterocycles. The average Bonchev–Trinajstić information content (AvgIpc) is 2.98. The van der Waals surface area contributed by atoms with Gasteiger partial charge in [-0.1, -0.05) is 29.5 Å². The summed E-state index contributed by atoms with van der Waals surface area (Å²) in [6.45, 7) is 2.24. The Bertz CT molecular complexity index is 764. The van der Waals surface area contributed by atoms with Gasteiger partial charge >= 0.3 is 0 Å². The first-order valence-electron chi connectivity index (χ1n) is 6.48. The van der Waals surface area contributed by atoms with Gasteiger partial charge in [0.2, 0.25) is 4.96 Å². The van der Waals surface area contributed by atoms with Crippen molar-refractivity contribution in [3.05, 3.63) is 52.5 Å². The van der Waals surface area contributed by atoms with E-state index < -0.39 is 0 Å². The van der Waals surface area contributed by atoms with Crippen molar-refractivity contribution >= 4 is 22.2 Å². The first-order valence-corrected chi connectivity index (χ1v) is 7.29. The van der Waals surface area contributed by atoms with Gasteiger partial charge in [-0.2, -0.15) is 5.10 Å². The minimum Gasteiger partial charge on any atom is -0.350 e. The molecule has 2 aromatic heterocycles. The van der Waals surface area contributed by atoms with Gasteiger partial charge in [-0.25, -0.2) is 13.9 Å². The predicted molar refractivity (Wildman–Crippen MR) is 78.0 cm³/mol. The molecule has 1 amide bonds. The molecule has 0 bridgehead atoms. The quantitative estimate of drug-likeness (QED) is 0.804. The molecule has 108 valence electrons. The summed E-state index contributed by atoms with van der Waals surface area (Å²) in [5.41, 5.74) is 0.906. The van der Waals surface area contributed by atoms with Crippen molar-refractivity contribution in [1.82, 2.24) is 19.9 Å². The third-order valence-corrected chi connectivity index (χ3v) is 3.85. The normalized spacial score (nSPS) is 11.0. The van der Waals surface area contributed by atoms with Crippen LogP contribution in [-0.4, -0.2) is 27.0 Å². The van der Waals surface area contributed by atoms with Crippen molar-refractivity contribution in [2.24, 2.45) is 0 Å². The molecule has 2 heterocycles. The Kier molecular flexibility index (Phi) is 3.66. The molecule has 0 saturated heterocycles. The minimum absolute atomic E-state index is 0.256. The van der Waals surface area contributed by atoms with Crippen LogP contribution in [0.4, 0.5) is 4.39 Å². The van der Waals surface area contributed by atoms with Crippen molar-refractivity contribution in [2.75, 3.05) is 6.54 Å². The lowest BCUT2D eigenvalue weighted by atomic mass is 10.1. The number of carbonyl (C=O) groups is 1. The van der Waals surface area contributed by atoms with E-state index in [1.165, 1.54) is 17.4 Å². The Hall–Kier alpha value is -2.28. The molecule has 1 aromatic carbocycles. The maximum Gasteiger partial charge on any atom is 0.271 e. The number of aryl methyl sites for hydroxylation is 1. The summed E-state index contributed by atoms with van der Waals surface area (Å²) < 4.78 is 15.0. The zero-order valence-electron chi connectivity index (χ0n) is 11.3. The Morgan fingerprint density at radius 1 is 1.43 bits per heavy atom. The number of hydrogen-bond donors (Lipinski definition) is 1. The fraction of sp³-hybridized carbons (Fsp3) is 0.214. The van der Waals surface area contributed by atoms with Crippen molar-refractivity contribution in [3.8, 4) is 0 Å². The van der Waals surface area contributed by atoms with Gasteiger partial charge in [0.15, 0.2) is 0 Å². The highest BCUT2D eigenvalue weighted by molar-refractivity contribution is 7.16. The van der Waals surface area contributed by atoms with Crippen LogP contribution in [-0.2, 0) is 6.42 Å². The number of imidazole rings is 1. The number of aromatic nitrogens is 3. The van der Waals surface area contributed by atoms with Gasteiger partial charge in [-0.15, -0.1) is 0 Å². The summed E-state index contributed by atoms with van der Waals surface area (Å²) in [6.07, 6.45) is 2.04. The van der Waals surface area contributed by atoms with Crippen LogP contribution in [0.5, 0.6) is 0 Å². The van der Waals surface area contributed by atoms with Crippen molar-refractivity contribution in [2.45, 2.75) is 13.3 Å². The van der Waals surface area contributed by atoms with E-state index in [-0.39, 0.29) is 11.7 Å². The molecule has 0 atom stereocenters. The highest BCUT2D eigenvalue weighted by Gasteiger charge is 2.12. The van der Waals surface area contributed by atoms with Crippen LogP contribution in [0.1, 0.15) is 21.1 Å². The number of nitrogens with zero attached hydrogens (tertiary/aromatic N) is 3. The van der Waals surface area contributed by atoms with Gasteiger partial charge in [0.25, 0.3) is 5.91 Å². The second-order valence-electron chi connectivity index (χ2n) is 4.57. The molecule has 0 radical (unpaired) electrons. The van der Waals surface area contributed by atoms with Gasteiger partial charge in [-0.05, 0) is 25.0 Å². The van der Waals surface area contributed by atoms with Crippen LogP contribution in [0, 0.1) is 12.7 Å². The zero-order chi connectivity index (χ0) is 14.8. The molecular weight excluding hydrogens is 291 g/mol. The zero-order valence-corrected chi connectivity index (χ0v) is 12.2. The third kappa shape index (κ3) is 2.92. The molecule has 0 fully saturated rings. The van der Waals surface area contributed by atoms with Crippen molar-refractivity contribution in [3.63, 3.8) is 0 Å². The Balaban J connectivity index is 1.61. The fourth-order valence-electron chi connectivity index (χ4n) is 2.01. The van der Waals surface area contributed by atoms with Crippen LogP contribution in [0.15, 0.2) is 30.5 Å². The third-order valence-electron chi connectivity index (χ3n) is 3.01. The molecular formula is C14H13FN4OS. The highest BCUT2D eigenvalue weighted by Crippen LogP contribution is 2.13. The number of halogens is 1. The number of amides is 1. The van der Waals surface area contributed by atoms with E-state index >= 15 is 0 Å². The SMILES string of the molecule is Cc1nn2cc(C(=O)NCCc3ccccc3F)nc2s1. The molecule has 5 nitrogen and oxygen atoms in total. The van der Waals surface area contributed by atoms with Gasteiger partial charge in [0.05, 0.1) is 6.20 Å². The summed E-state index contributed by atoms with van der Waals surface area (Å²) >= 11 is 1.42. The first kappa shape index (κ1) is 13.7. The maximum atomic E-state index is 13.4. The largest absolute Gasteiger partial charge is 0.350 e. The molecule has 0 unspecified atom stereocenters. The van der Waals surface area contributed by atoms with E-state index in [1.54, 1.807) is 28.9 Å². The minimum atomic E-state index is -0.276.